The first kappa shape index (κ1) is 25.0. The van der Waals surface area contributed by atoms with Crippen molar-refractivity contribution in [3.05, 3.63) is 153 Å². The summed E-state index contributed by atoms with van der Waals surface area (Å²) in [6.45, 7) is 0. The number of halogens is 4. The molecule has 36 heavy (non-hydrogen) atoms. The van der Waals surface area contributed by atoms with Crippen LogP contribution >= 0.6 is 11.6 Å². The Bertz CT molecular complexity index is 1280. The summed E-state index contributed by atoms with van der Waals surface area (Å²) in [5.74, 6) is 0. The first-order chi connectivity index (χ1) is 17.2. The van der Waals surface area contributed by atoms with E-state index in [0.717, 1.165) is 22.8 Å². The molecular formula is C28H20ClF3N2O2. The van der Waals surface area contributed by atoms with E-state index in [1.807, 2.05) is 91.0 Å². The molecule has 0 amide bonds. The number of rotatable bonds is 7. The van der Waals surface area contributed by atoms with Crippen LogP contribution in [0.15, 0.2) is 115 Å². The summed E-state index contributed by atoms with van der Waals surface area (Å²) in [4.78, 5) is 10.0. The molecular weight excluding hydrogens is 489 g/mol. The van der Waals surface area contributed by atoms with Crippen molar-refractivity contribution in [1.82, 2.24) is 0 Å². The van der Waals surface area contributed by atoms with Gasteiger partial charge in [0.05, 0.1) is 4.92 Å². The van der Waals surface area contributed by atoms with Crippen molar-refractivity contribution in [2.24, 2.45) is 0 Å². The Hall–Kier alpha value is -4.10. The summed E-state index contributed by atoms with van der Waals surface area (Å²) >= 11 is 6.08. The molecule has 0 aliphatic rings. The molecule has 4 aromatic rings. The number of nitrogens with one attached hydrogen (secondary N) is 1. The van der Waals surface area contributed by atoms with Gasteiger partial charge in [-0.05, 0) is 34.9 Å². The molecule has 0 radical (unpaired) electrons. The van der Waals surface area contributed by atoms with E-state index in [9.17, 15) is 23.3 Å². The highest BCUT2D eigenvalue weighted by Crippen LogP contribution is 2.44. The minimum absolute atomic E-state index is 0.0128. The molecule has 0 aromatic heterocycles. The van der Waals surface area contributed by atoms with Crippen LogP contribution < -0.4 is 5.32 Å². The molecule has 0 bridgehead atoms. The zero-order valence-corrected chi connectivity index (χ0v) is 19.5. The molecule has 0 heterocycles. The Morgan fingerprint density at radius 2 is 1.22 bits per heavy atom. The second kappa shape index (κ2) is 10.3. The third-order valence-corrected chi connectivity index (χ3v) is 5.99. The monoisotopic (exact) mass is 508 g/mol. The first-order valence-electron chi connectivity index (χ1n) is 10.9. The molecule has 0 aliphatic heterocycles. The third kappa shape index (κ3) is 5.11. The van der Waals surface area contributed by atoms with Crippen LogP contribution in [0, 0.1) is 10.1 Å². The molecule has 0 saturated heterocycles. The van der Waals surface area contributed by atoms with Gasteiger partial charge in [-0.3, -0.25) is 10.1 Å². The lowest BCUT2D eigenvalue weighted by molar-refractivity contribution is -0.402. The van der Waals surface area contributed by atoms with Crippen molar-refractivity contribution in [3.8, 4) is 0 Å². The summed E-state index contributed by atoms with van der Waals surface area (Å²) in [7, 11) is 0. The largest absolute Gasteiger partial charge is 0.423 e. The number of hydrogen-bond acceptors (Lipinski definition) is 3. The van der Waals surface area contributed by atoms with Crippen molar-refractivity contribution in [2.45, 2.75) is 11.7 Å². The Kier molecular flexibility index (Phi) is 7.12. The van der Waals surface area contributed by atoms with Crippen LogP contribution in [0.2, 0.25) is 5.02 Å². The van der Waals surface area contributed by atoms with E-state index in [4.69, 9.17) is 11.6 Å². The maximum atomic E-state index is 14.0. The SMILES string of the molecule is O=[N+]([O-])/C=C(/c1cc(Cl)ccc1NC(c1ccccc1)(c1ccccc1)c1ccccc1)C(F)(F)F. The summed E-state index contributed by atoms with van der Waals surface area (Å²) in [6.07, 6.45) is -5.03. The fourth-order valence-corrected chi connectivity index (χ4v) is 4.40. The molecule has 0 unspecified atom stereocenters. The molecule has 0 saturated carbocycles. The van der Waals surface area contributed by atoms with E-state index >= 15 is 0 Å². The van der Waals surface area contributed by atoms with E-state index in [-0.39, 0.29) is 16.9 Å². The van der Waals surface area contributed by atoms with Crippen molar-refractivity contribution in [1.29, 1.82) is 0 Å². The predicted molar refractivity (Wildman–Crippen MR) is 135 cm³/mol. The average Bonchev–Trinajstić information content (AvgIpc) is 2.87. The van der Waals surface area contributed by atoms with Gasteiger partial charge in [0.2, 0.25) is 6.20 Å². The smallest absolute Gasteiger partial charge is 0.367 e. The lowest BCUT2D eigenvalue weighted by Gasteiger charge is -2.38. The molecule has 8 heteroatoms. The first-order valence-corrected chi connectivity index (χ1v) is 11.3. The van der Waals surface area contributed by atoms with Gasteiger partial charge in [0.15, 0.2) is 0 Å². The highest BCUT2D eigenvalue weighted by atomic mass is 35.5. The van der Waals surface area contributed by atoms with Gasteiger partial charge >= 0.3 is 6.18 Å². The van der Waals surface area contributed by atoms with Gasteiger partial charge in [0.25, 0.3) is 0 Å². The highest BCUT2D eigenvalue weighted by molar-refractivity contribution is 6.30. The van der Waals surface area contributed by atoms with Crippen LogP contribution in [-0.4, -0.2) is 11.1 Å². The average molecular weight is 509 g/mol. The number of nitrogens with zero attached hydrogens (tertiary/aromatic N) is 1. The molecule has 0 atom stereocenters. The van der Waals surface area contributed by atoms with E-state index in [0.29, 0.717) is 0 Å². The molecule has 4 rings (SSSR count). The van der Waals surface area contributed by atoms with Gasteiger partial charge in [-0.25, -0.2) is 0 Å². The predicted octanol–water partition coefficient (Wildman–Crippen LogP) is 7.92. The zero-order chi connectivity index (χ0) is 25.8. The molecule has 4 aromatic carbocycles. The lowest BCUT2D eigenvalue weighted by Crippen LogP contribution is -2.38. The Labute approximate surface area is 210 Å². The standard InChI is InChI=1S/C28H20ClF3N2O2/c29-23-16-17-26(24(18-23)25(19-34(35)36)28(30,31)32)33-27(20-10-4-1-5-11-20,21-12-6-2-7-13-21)22-14-8-3-9-15-22/h1-19,33H/b25-19-. The maximum absolute atomic E-state index is 14.0. The molecule has 0 fully saturated rings. The van der Waals surface area contributed by atoms with Gasteiger partial charge in [0, 0.05) is 16.3 Å². The van der Waals surface area contributed by atoms with Crippen LogP contribution in [0.25, 0.3) is 5.57 Å². The maximum Gasteiger partial charge on any atom is 0.423 e. The summed E-state index contributed by atoms with van der Waals surface area (Å²) in [6, 6.07) is 31.8. The summed E-state index contributed by atoms with van der Waals surface area (Å²) < 4.78 is 42.1. The number of allylic oxidation sites excluding steroid dienone is 1. The topological polar surface area (TPSA) is 55.2 Å². The quantitative estimate of drug-likeness (QED) is 0.157. The molecule has 0 spiro atoms. The van der Waals surface area contributed by atoms with Crippen LogP contribution in [0.1, 0.15) is 22.3 Å². The molecule has 0 aliphatic carbocycles. The highest BCUT2D eigenvalue weighted by Gasteiger charge is 2.41. The van der Waals surface area contributed by atoms with E-state index < -0.39 is 27.8 Å². The number of anilines is 1. The number of hydrogen-bond donors (Lipinski definition) is 1. The van der Waals surface area contributed by atoms with Gasteiger partial charge in [-0.1, -0.05) is 103 Å². The van der Waals surface area contributed by atoms with Crippen molar-refractivity contribution >= 4 is 22.9 Å². The van der Waals surface area contributed by atoms with Gasteiger partial charge in [-0.15, -0.1) is 0 Å². The minimum atomic E-state index is -5.00. The second-order valence-corrected chi connectivity index (χ2v) is 8.43. The molecule has 1 N–H and O–H groups in total. The van der Waals surface area contributed by atoms with E-state index in [1.54, 1.807) is 0 Å². The van der Waals surface area contributed by atoms with Crippen molar-refractivity contribution in [2.75, 3.05) is 5.32 Å². The molecule has 182 valence electrons. The van der Waals surface area contributed by atoms with Crippen LogP contribution in [0.4, 0.5) is 18.9 Å². The Morgan fingerprint density at radius 1 is 0.778 bits per heavy atom. The van der Waals surface area contributed by atoms with Gasteiger partial charge in [-0.2, -0.15) is 13.2 Å². The van der Waals surface area contributed by atoms with Crippen molar-refractivity contribution < 1.29 is 18.1 Å². The summed E-state index contributed by atoms with van der Waals surface area (Å²) in [5, 5.41) is 14.5. The number of nitro groups is 1. The van der Waals surface area contributed by atoms with Crippen molar-refractivity contribution in [3.63, 3.8) is 0 Å². The van der Waals surface area contributed by atoms with Crippen LogP contribution in [0.3, 0.4) is 0 Å². The Morgan fingerprint density at radius 3 is 1.61 bits per heavy atom. The van der Waals surface area contributed by atoms with Gasteiger partial charge < -0.3 is 5.32 Å². The lowest BCUT2D eigenvalue weighted by atomic mass is 9.76. The van der Waals surface area contributed by atoms with Gasteiger partial charge in [0.1, 0.15) is 11.1 Å². The zero-order valence-electron chi connectivity index (χ0n) is 18.7. The normalized spacial score (nSPS) is 12.3. The second-order valence-electron chi connectivity index (χ2n) is 7.99. The fourth-order valence-electron chi connectivity index (χ4n) is 4.23. The third-order valence-electron chi connectivity index (χ3n) is 5.75. The van der Waals surface area contributed by atoms with Crippen LogP contribution in [-0.2, 0) is 5.54 Å². The Balaban J connectivity index is 2.05. The number of benzene rings is 4. The minimum Gasteiger partial charge on any atom is -0.367 e. The molecule has 4 nitrogen and oxygen atoms in total. The van der Waals surface area contributed by atoms with E-state index in [1.165, 1.54) is 12.1 Å². The van der Waals surface area contributed by atoms with Crippen LogP contribution in [0.5, 0.6) is 0 Å². The summed E-state index contributed by atoms with van der Waals surface area (Å²) in [5.41, 5.74) is -0.682. The number of alkyl halides is 3. The van der Waals surface area contributed by atoms with E-state index in [2.05, 4.69) is 5.32 Å². The fraction of sp³-hybridized carbons (Fsp3) is 0.0714.